The summed E-state index contributed by atoms with van der Waals surface area (Å²) >= 11 is 0. The summed E-state index contributed by atoms with van der Waals surface area (Å²) in [5, 5.41) is 3.90. The highest BCUT2D eigenvalue weighted by molar-refractivity contribution is 5.85. The van der Waals surface area contributed by atoms with Gasteiger partial charge in [0.25, 0.3) is 0 Å². The van der Waals surface area contributed by atoms with Gasteiger partial charge in [-0.2, -0.15) is 0 Å². The highest BCUT2D eigenvalue weighted by Gasteiger charge is 2.17. The molecule has 3 heterocycles. The molecule has 1 aromatic heterocycles. The summed E-state index contributed by atoms with van der Waals surface area (Å²) in [6, 6.07) is 8.46. The van der Waals surface area contributed by atoms with Crippen LogP contribution in [0.4, 0.5) is 0 Å². The molecule has 0 bridgehead atoms. The van der Waals surface area contributed by atoms with Crippen molar-refractivity contribution in [3.63, 3.8) is 0 Å². The molecular formula is C13H11N3. The summed E-state index contributed by atoms with van der Waals surface area (Å²) in [6.07, 6.45) is 4.20. The van der Waals surface area contributed by atoms with Crippen molar-refractivity contribution in [2.24, 2.45) is 4.99 Å². The number of hydrogen-bond acceptors (Lipinski definition) is 2. The maximum atomic E-state index is 4.32. The smallest absolute Gasteiger partial charge is 0.0900 e. The van der Waals surface area contributed by atoms with Crippen LogP contribution in [0.15, 0.2) is 29.3 Å². The normalized spacial score (nSPS) is 17.5. The minimum atomic E-state index is 0.799. The summed E-state index contributed by atoms with van der Waals surface area (Å²) < 4.78 is 0. The second-order valence-corrected chi connectivity index (χ2v) is 4.22. The molecule has 3 heteroatoms. The molecule has 0 radical (unpaired) electrons. The lowest BCUT2D eigenvalue weighted by molar-refractivity contribution is 0.681. The molecule has 0 atom stereocenters. The Balaban J connectivity index is 2.23. The molecule has 0 unspecified atom stereocenters. The van der Waals surface area contributed by atoms with E-state index in [2.05, 4.69) is 45.2 Å². The van der Waals surface area contributed by atoms with Crippen LogP contribution >= 0.6 is 0 Å². The summed E-state index contributed by atoms with van der Waals surface area (Å²) in [5.74, 6) is 0. The topological polar surface area (TPSA) is 31.4 Å². The van der Waals surface area contributed by atoms with E-state index in [1.165, 1.54) is 27.2 Å². The van der Waals surface area contributed by atoms with Crippen molar-refractivity contribution in [1.82, 2.24) is 9.88 Å². The molecule has 0 saturated heterocycles. The quantitative estimate of drug-likeness (QED) is 0.669. The van der Waals surface area contributed by atoms with Gasteiger partial charge in [0.1, 0.15) is 0 Å². The molecule has 0 amide bonds. The molecule has 3 nitrogen and oxygen atoms in total. The Bertz CT molecular complexity index is 721. The van der Waals surface area contributed by atoms with Gasteiger partial charge in [-0.25, -0.2) is 0 Å². The van der Waals surface area contributed by atoms with E-state index < -0.39 is 0 Å². The molecule has 2 aliphatic heterocycles. The third kappa shape index (κ3) is 0.902. The molecule has 1 N–H and O–H groups in total. The Kier molecular flexibility index (Phi) is 1.41. The number of rotatable bonds is 0. The highest BCUT2D eigenvalue weighted by Crippen LogP contribution is 2.12. The van der Waals surface area contributed by atoms with Crippen LogP contribution in [0.2, 0.25) is 0 Å². The lowest BCUT2D eigenvalue weighted by atomic mass is 10.2. The molecule has 0 spiro atoms. The van der Waals surface area contributed by atoms with Crippen LogP contribution in [0.25, 0.3) is 22.7 Å². The lowest BCUT2D eigenvalue weighted by Crippen LogP contribution is -2.37. The molecule has 16 heavy (non-hydrogen) atoms. The molecule has 2 aromatic rings. The molecule has 0 saturated carbocycles. The zero-order chi connectivity index (χ0) is 10.5. The fraction of sp³-hybridized carbons (Fsp3) is 0.154. The van der Waals surface area contributed by atoms with Gasteiger partial charge in [-0.3, -0.25) is 4.99 Å². The number of aliphatic imine (C=N–C) groups is 1. The van der Waals surface area contributed by atoms with E-state index in [0.29, 0.717) is 0 Å². The third-order valence-corrected chi connectivity index (χ3v) is 3.34. The van der Waals surface area contributed by atoms with E-state index >= 15 is 0 Å². The minimum absolute atomic E-state index is 0.799. The van der Waals surface area contributed by atoms with Gasteiger partial charge in [-0.15, -0.1) is 0 Å². The van der Waals surface area contributed by atoms with Crippen molar-refractivity contribution in [2.45, 2.75) is 0 Å². The third-order valence-electron chi connectivity index (χ3n) is 3.34. The van der Waals surface area contributed by atoms with Crippen molar-refractivity contribution in [3.8, 4) is 0 Å². The first-order valence-corrected chi connectivity index (χ1v) is 5.50. The van der Waals surface area contributed by atoms with Crippen molar-refractivity contribution < 1.29 is 0 Å². The van der Waals surface area contributed by atoms with Crippen LogP contribution in [0.5, 0.6) is 0 Å². The first kappa shape index (κ1) is 8.16. The average Bonchev–Trinajstić information content (AvgIpc) is 2.92. The first-order chi connectivity index (χ1) is 7.93. The number of nitrogens with zero attached hydrogens (tertiary/aromatic N) is 2. The molecule has 1 aromatic carbocycles. The second kappa shape index (κ2) is 2.76. The van der Waals surface area contributed by atoms with Crippen LogP contribution in [-0.4, -0.2) is 29.3 Å². The van der Waals surface area contributed by atoms with Crippen molar-refractivity contribution in [1.29, 1.82) is 0 Å². The number of aromatic amines is 1. The largest absolute Gasteiger partial charge is 0.353 e. The fourth-order valence-corrected chi connectivity index (χ4v) is 2.56. The van der Waals surface area contributed by atoms with E-state index in [-0.39, 0.29) is 0 Å². The van der Waals surface area contributed by atoms with Gasteiger partial charge in [0.15, 0.2) is 0 Å². The number of aromatic nitrogens is 1. The van der Waals surface area contributed by atoms with E-state index in [9.17, 15) is 0 Å². The lowest BCUT2D eigenvalue weighted by Gasteiger charge is -2.16. The van der Waals surface area contributed by atoms with E-state index in [1.54, 1.807) is 0 Å². The standard InChI is InChI=1S/C13H11N3/c1-2-4-11-9(3-1)10-5-6-16-8-14-7-12(16)13(10)15-11/h1-5,8,15H,6-7H2. The van der Waals surface area contributed by atoms with Gasteiger partial charge in [0.05, 0.1) is 23.9 Å². The Labute approximate surface area is 92.4 Å². The Morgan fingerprint density at radius 1 is 1.25 bits per heavy atom. The Morgan fingerprint density at radius 2 is 2.19 bits per heavy atom. The van der Waals surface area contributed by atoms with Crippen LogP contribution in [-0.2, 0) is 0 Å². The summed E-state index contributed by atoms with van der Waals surface area (Å²) in [7, 11) is 0. The number of H-pyrrole nitrogens is 1. The zero-order valence-electron chi connectivity index (χ0n) is 8.77. The van der Waals surface area contributed by atoms with E-state index in [1.807, 2.05) is 6.34 Å². The predicted octanol–water partition coefficient (Wildman–Crippen LogP) is 0.414. The molecular weight excluding hydrogens is 198 g/mol. The van der Waals surface area contributed by atoms with Crippen molar-refractivity contribution in [3.05, 3.63) is 34.8 Å². The highest BCUT2D eigenvalue weighted by atomic mass is 15.2. The van der Waals surface area contributed by atoms with Gasteiger partial charge in [0, 0.05) is 22.7 Å². The number of hydrogen-bond donors (Lipinski definition) is 1. The SMILES string of the molecule is C1=NCC2=c3[nH]c4ccccc4c3=CCN12. The maximum absolute atomic E-state index is 4.32. The predicted molar refractivity (Wildman–Crippen MR) is 65.5 cm³/mol. The second-order valence-electron chi connectivity index (χ2n) is 4.22. The monoisotopic (exact) mass is 209 g/mol. The molecule has 0 fully saturated rings. The number of nitrogens with one attached hydrogen (secondary N) is 1. The number of fused-ring (bicyclic) bond motifs is 4. The Hall–Kier alpha value is -2.03. The molecule has 0 aliphatic carbocycles. The molecule has 4 rings (SSSR count). The van der Waals surface area contributed by atoms with E-state index in [4.69, 9.17) is 0 Å². The first-order valence-electron chi connectivity index (χ1n) is 5.50. The minimum Gasteiger partial charge on any atom is -0.353 e. The van der Waals surface area contributed by atoms with Crippen molar-refractivity contribution in [2.75, 3.05) is 13.1 Å². The summed E-state index contributed by atoms with van der Waals surface area (Å²) in [4.78, 5) is 10.0. The van der Waals surface area contributed by atoms with Crippen LogP contribution in [0.1, 0.15) is 0 Å². The van der Waals surface area contributed by atoms with Gasteiger partial charge < -0.3 is 9.88 Å². The zero-order valence-corrected chi connectivity index (χ0v) is 8.77. The van der Waals surface area contributed by atoms with Gasteiger partial charge in [-0.1, -0.05) is 24.3 Å². The van der Waals surface area contributed by atoms with Crippen LogP contribution in [0, 0.1) is 0 Å². The fourth-order valence-electron chi connectivity index (χ4n) is 2.56. The average molecular weight is 209 g/mol. The van der Waals surface area contributed by atoms with Crippen molar-refractivity contribution >= 4 is 29.0 Å². The number of benzene rings is 1. The maximum Gasteiger partial charge on any atom is 0.0900 e. The van der Waals surface area contributed by atoms with Gasteiger partial charge >= 0.3 is 0 Å². The molecule has 78 valence electrons. The molecule has 2 aliphatic rings. The number of para-hydroxylation sites is 1. The van der Waals surface area contributed by atoms with Gasteiger partial charge in [0.2, 0.25) is 0 Å². The van der Waals surface area contributed by atoms with E-state index in [0.717, 1.165) is 13.1 Å². The van der Waals surface area contributed by atoms with Crippen LogP contribution in [0.3, 0.4) is 0 Å². The summed E-state index contributed by atoms with van der Waals surface area (Å²) in [5.41, 5.74) is 2.51. The van der Waals surface area contributed by atoms with Crippen LogP contribution < -0.4 is 10.6 Å². The van der Waals surface area contributed by atoms with Gasteiger partial charge in [-0.05, 0) is 6.07 Å². The summed E-state index contributed by atoms with van der Waals surface area (Å²) in [6.45, 7) is 1.74. The Morgan fingerprint density at radius 3 is 3.19 bits per heavy atom.